The Morgan fingerprint density at radius 1 is 1.54 bits per heavy atom. The standard InChI is InChI=1S/C10H9ClS2/c1-6-7(5-11)4-9(12)8-2-3-13-10(6)8/h2-4,12H,5H2,1H3. The minimum atomic E-state index is 0.563. The molecule has 13 heavy (non-hydrogen) atoms. The van der Waals surface area contributed by atoms with Gasteiger partial charge in [0.2, 0.25) is 0 Å². The minimum absolute atomic E-state index is 0.563. The molecule has 0 radical (unpaired) electrons. The van der Waals surface area contributed by atoms with E-state index in [1.54, 1.807) is 11.3 Å². The largest absolute Gasteiger partial charge is 0.143 e. The highest BCUT2D eigenvalue weighted by Crippen LogP contribution is 2.32. The Kier molecular flexibility index (Phi) is 2.54. The van der Waals surface area contributed by atoms with Gasteiger partial charge in [-0.15, -0.1) is 35.6 Å². The Labute approximate surface area is 91.9 Å². The maximum absolute atomic E-state index is 5.84. The Balaban J connectivity index is 2.85. The number of rotatable bonds is 1. The van der Waals surface area contributed by atoms with E-state index in [0.29, 0.717) is 5.88 Å². The number of hydrogen-bond acceptors (Lipinski definition) is 2. The van der Waals surface area contributed by atoms with Gasteiger partial charge in [-0.3, -0.25) is 0 Å². The van der Waals surface area contributed by atoms with Crippen molar-refractivity contribution in [3.05, 3.63) is 28.6 Å². The van der Waals surface area contributed by atoms with E-state index in [0.717, 1.165) is 4.90 Å². The summed E-state index contributed by atoms with van der Waals surface area (Å²) in [4.78, 5) is 1.03. The topological polar surface area (TPSA) is 0 Å². The second-order valence-corrected chi connectivity index (χ2v) is 4.64. The van der Waals surface area contributed by atoms with E-state index < -0.39 is 0 Å². The second-order valence-electron chi connectivity index (χ2n) is 2.98. The zero-order valence-corrected chi connectivity index (χ0v) is 9.64. The van der Waals surface area contributed by atoms with E-state index in [9.17, 15) is 0 Å². The van der Waals surface area contributed by atoms with Gasteiger partial charge in [0.25, 0.3) is 0 Å². The lowest BCUT2D eigenvalue weighted by molar-refractivity contribution is 1.30. The quantitative estimate of drug-likeness (QED) is 0.548. The first kappa shape index (κ1) is 9.38. The van der Waals surface area contributed by atoms with E-state index in [-0.39, 0.29) is 0 Å². The van der Waals surface area contributed by atoms with Gasteiger partial charge in [0, 0.05) is 20.9 Å². The van der Waals surface area contributed by atoms with Crippen LogP contribution in [0, 0.1) is 6.92 Å². The van der Waals surface area contributed by atoms with Crippen LogP contribution in [0.15, 0.2) is 22.4 Å². The third kappa shape index (κ3) is 1.47. The third-order valence-electron chi connectivity index (χ3n) is 2.22. The van der Waals surface area contributed by atoms with E-state index in [1.807, 2.05) is 0 Å². The number of hydrogen-bond donors (Lipinski definition) is 1. The van der Waals surface area contributed by atoms with Crippen LogP contribution in [-0.4, -0.2) is 0 Å². The highest BCUT2D eigenvalue weighted by Gasteiger charge is 2.07. The van der Waals surface area contributed by atoms with E-state index in [2.05, 4.69) is 37.1 Å². The van der Waals surface area contributed by atoms with E-state index in [1.165, 1.54) is 21.2 Å². The monoisotopic (exact) mass is 228 g/mol. The Hall–Kier alpha value is -0.180. The van der Waals surface area contributed by atoms with Gasteiger partial charge in [-0.25, -0.2) is 0 Å². The zero-order chi connectivity index (χ0) is 9.42. The predicted molar refractivity (Wildman–Crippen MR) is 63.4 cm³/mol. The summed E-state index contributed by atoms with van der Waals surface area (Å²) in [5.41, 5.74) is 2.47. The molecule has 0 amide bonds. The average Bonchev–Trinajstić information content (AvgIpc) is 2.60. The fourth-order valence-corrected chi connectivity index (χ4v) is 3.09. The van der Waals surface area contributed by atoms with E-state index in [4.69, 9.17) is 11.6 Å². The van der Waals surface area contributed by atoms with Gasteiger partial charge in [-0.1, -0.05) is 0 Å². The summed E-state index contributed by atoms with van der Waals surface area (Å²) >= 11 is 12.0. The molecular formula is C10H9ClS2. The first-order valence-electron chi connectivity index (χ1n) is 3.98. The number of thiophene rings is 1. The normalized spacial score (nSPS) is 11.0. The van der Waals surface area contributed by atoms with Crippen molar-refractivity contribution >= 4 is 45.7 Å². The highest BCUT2D eigenvalue weighted by atomic mass is 35.5. The molecule has 0 unspecified atom stereocenters. The molecule has 1 aromatic carbocycles. The summed E-state index contributed by atoms with van der Waals surface area (Å²) < 4.78 is 1.31. The SMILES string of the molecule is Cc1c(CCl)cc(S)c2ccsc12. The molecule has 1 aromatic heterocycles. The average molecular weight is 229 g/mol. The van der Waals surface area contributed by atoms with Crippen molar-refractivity contribution in [2.24, 2.45) is 0 Å². The number of thiol groups is 1. The molecule has 0 saturated carbocycles. The summed E-state index contributed by atoms with van der Waals surface area (Å²) in [7, 11) is 0. The first-order chi connectivity index (χ1) is 6.24. The molecule has 0 N–H and O–H groups in total. The molecular weight excluding hydrogens is 220 g/mol. The van der Waals surface area contributed by atoms with Crippen LogP contribution < -0.4 is 0 Å². The summed E-state index contributed by atoms with van der Waals surface area (Å²) in [5.74, 6) is 0.563. The van der Waals surface area contributed by atoms with Crippen molar-refractivity contribution < 1.29 is 0 Å². The summed E-state index contributed by atoms with van der Waals surface area (Å²) in [6.45, 7) is 2.11. The molecule has 0 bridgehead atoms. The van der Waals surface area contributed by atoms with Crippen molar-refractivity contribution in [2.75, 3.05) is 0 Å². The summed E-state index contributed by atoms with van der Waals surface area (Å²) in [5, 5.41) is 3.33. The number of benzene rings is 1. The van der Waals surface area contributed by atoms with Crippen LogP contribution in [0.1, 0.15) is 11.1 Å². The van der Waals surface area contributed by atoms with E-state index >= 15 is 0 Å². The molecule has 0 fully saturated rings. The van der Waals surface area contributed by atoms with Crippen LogP contribution >= 0.6 is 35.6 Å². The molecule has 0 aliphatic carbocycles. The number of fused-ring (bicyclic) bond motifs is 1. The highest BCUT2D eigenvalue weighted by molar-refractivity contribution is 7.80. The first-order valence-corrected chi connectivity index (χ1v) is 5.84. The van der Waals surface area contributed by atoms with Gasteiger partial charge in [0.1, 0.15) is 0 Å². The van der Waals surface area contributed by atoms with Gasteiger partial charge < -0.3 is 0 Å². The maximum atomic E-state index is 5.84. The van der Waals surface area contributed by atoms with Crippen molar-refractivity contribution in [1.29, 1.82) is 0 Å². The number of alkyl halides is 1. The molecule has 68 valence electrons. The van der Waals surface area contributed by atoms with Crippen LogP contribution in [0.5, 0.6) is 0 Å². The second kappa shape index (κ2) is 3.52. The Bertz CT molecular complexity index is 445. The van der Waals surface area contributed by atoms with Crippen LogP contribution in [0.4, 0.5) is 0 Å². The predicted octanol–water partition coefficient (Wildman–Crippen LogP) is 4.24. The van der Waals surface area contributed by atoms with Crippen molar-refractivity contribution in [2.45, 2.75) is 17.7 Å². The zero-order valence-electron chi connectivity index (χ0n) is 7.17. The maximum Gasteiger partial charge on any atom is 0.0477 e. The fourth-order valence-electron chi connectivity index (χ4n) is 1.44. The fraction of sp³-hybridized carbons (Fsp3) is 0.200. The van der Waals surface area contributed by atoms with Gasteiger partial charge >= 0.3 is 0 Å². The molecule has 2 rings (SSSR count). The van der Waals surface area contributed by atoms with Crippen molar-refractivity contribution in [3.63, 3.8) is 0 Å². The van der Waals surface area contributed by atoms with Crippen LogP contribution in [-0.2, 0) is 5.88 Å². The number of aryl methyl sites for hydroxylation is 1. The molecule has 2 aromatic rings. The van der Waals surface area contributed by atoms with Crippen molar-refractivity contribution in [3.8, 4) is 0 Å². The van der Waals surface area contributed by atoms with Crippen molar-refractivity contribution in [1.82, 2.24) is 0 Å². The van der Waals surface area contributed by atoms with Gasteiger partial charge in [-0.2, -0.15) is 0 Å². The molecule has 3 heteroatoms. The molecule has 0 saturated heterocycles. The lowest BCUT2D eigenvalue weighted by atomic mass is 10.1. The summed E-state index contributed by atoms with van der Waals surface area (Å²) in [6, 6.07) is 4.16. The Morgan fingerprint density at radius 3 is 3.00 bits per heavy atom. The summed E-state index contributed by atoms with van der Waals surface area (Å²) in [6.07, 6.45) is 0. The van der Waals surface area contributed by atoms with Crippen LogP contribution in [0.3, 0.4) is 0 Å². The van der Waals surface area contributed by atoms with Crippen LogP contribution in [0.25, 0.3) is 10.1 Å². The molecule has 1 heterocycles. The molecule has 0 spiro atoms. The number of halogens is 1. The minimum Gasteiger partial charge on any atom is -0.143 e. The smallest absolute Gasteiger partial charge is 0.0477 e. The van der Waals surface area contributed by atoms with Gasteiger partial charge in [-0.05, 0) is 35.6 Å². The molecule has 0 nitrogen and oxygen atoms in total. The van der Waals surface area contributed by atoms with Gasteiger partial charge in [0.15, 0.2) is 0 Å². The lowest BCUT2D eigenvalue weighted by Gasteiger charge is -2.05. The van der Waals surface area contributed by atoms with Gasteiger partial charge in [0.05, 0.1) is 0 Å². The molecule has 0 aliphatic rings. The lowest BCUT2D eigenvalue weighted by Crippen LogP contribution is -1.85. The Morgan fingerprint density at radius 2 is 2.31 bits per heavy atom. The van der Waals surface area contributed by atoms with Crippen LogP contribution in [0.2, 0.25) is 0 Å². The third-order valence-corrected chi connectivity index (χ3v) is 3.91. The molecule has 0 atom stereocenters. The molecule has 0 aliphatic heterocycles.